The highest BCUT2D eigenvalue weighted by Crippen LogP contribution is 2.24. The van der Waals surface area contributed by atoms with E-state index in [1.54, 1.807) is 30.6 Å². The first-order chi connectivity index (χ1) is 11.5. The highest BCUT2D eigenvalue weighted by atomic mass is 32.2. The van der Waals surface area contributed by atoms with E-state index in [-0.39, 0.29) is 4.90 Å². The fourth-order valence-corrected chi connectivity index (χ4v) is 3.25. The number of sulfone groups is 1. The van der Waals surface area contributed by atoms with Crippen molar-refractivity contribution >= 4 is 15.9 Å². The average Bonchev–Trinajstić information content (AvgIpc) is 3.06. The van der Waals surface area contributed by atoms with Crippen LogP contribution in [0.2, 0.25) is 0 Å². The number of hydrogen-bond acceptors (Lipinski definition) is 5. The predicted molar refractivity (Wildman–Crippen MR) is 93.9 cm³/mol. The first kappa shape index (κ1) is 16.7. The Kier molecular flexibility index (Phi) is 4.97. The van der Waals surface area contributed by atoms with Crippen LogP contribution in [0.5, 0.6) is 11.5 Å². The highest BCUT2D eigenvalue weighted by Gasteiger charge is 2.10. The van der Waals surface area contributed by atoms with Crippen LogP contribution in [0, 0.1) is 0 Å². The van der Waals surface area contributed by atoms with Gasteiger partial charge in [-0.25, -0.2) is 8.42 Å². The Bertz CT molecular complexity index is 841. The third-order valence-electron chi connectivity index (χ3n) is 3.82. The molecule has 0 bridgehead atoms. The third-order valence-corrected chi connectivity index (χ3v) is 4.93. The van der Waals surface area contributed by atoms with Crippen molar-refractivity contribution in [2.75, 3.05) is 12.8 Å². The van der Waals surface area contributed by atoms with Crippen LogP contribution in [0.1, 0.15) is 18.4 Å². The van der Waals surface area contributed by atoms with Gasteiger partial charge in [-0.1, -0.05) is 18.2 Å². The van der Waals surface area contributed by atoms with Crippen molar-refractivity contribution in [3.63, 3.8) is 0 Å². The summed E-state index contributed by atoms with van der Waals surface area (Å²) in [4.78, 5) is 4.42. The van der Waals surface area contributed by atoms with Crippen molar-refractivity contribution in [2.45, 2.75) is 23.8 Å². The summed E-state index contributed by atoms with van der Waals surface area (Å²) in [5.41, 5.74) is 0.945. The summed E-state index contributed by atoms with van der Waals surface area (Å²) in [7, 11) is -3.26. The van der Waals surface area contributed by atoms with E-state index in [0.29, 0.717) is 17.5 Å². The van der Waals surface area contributed by atoms with E-state index in [4.69, 9.17) is 4.74 Å². The van der Waals surface area contributed by atoms with E-state index in [1.807, 2.05) is 12.1 Å². The van der Waals surface area contributed by atoms with Gasteiger partial charge in [0.05, 0.1) is 11.1 Å². The summed E-state index contributed by atoms with van der Waals surface area (Å²) in [6, 6.07) is 8.75. The van der Waals surface area contributed by atoms with Crippen molar-refractivity contribution in [3.05, 3.63) is 54.4 Å². The van der Waals surface area contributed by atoms with Gasteiger partial charge in [-0.3, -0.25) is 4.98 Å². The molecule has 1 N–H and O–H groups in total. The maximum absolute atomic E-state index is 11.6. The summed E-state index contributed by atoms with van der Waals surface area (Å²) in [6.07, 6.45) is 11.1. The number of benzene rings is 1. The zero-order valence-electron chi connectivity index (χ0n) is 13.5. The van der Waals surface area contributed by atoms with Gasteiger partial charge in [0.25, 0.3) is 0 Å². The standard InChI is InChI=1S/C18H20N2O3S/c1-24(21,22)18-6-2-5-16(11-18)23-17-10-14(12-19-13-17)7-8-15-4-3-9-20-15/h2,5-8,10-13,15,20H,3-4,9H2,1H3/t15-/m1/s1. The molecule has 5 nitrogen and oxygen atoms in total. The lowest BCUT2D eigenvalue weighted by atomic mass is 10.2. The number of ether oxygens (including phenoxy) is 1. The molecule has 1 saturated heterocycles. The van der Waals surface area contributed by atoms with Crippen LogP contribution in [0.3, 0.4) is 0 Å². The molecule has 2 heterocycles. The molecule has 0 saturated carbocycles. The normalized spacial score (nSPS) is 18.1. The zero-order valence-corrected chi connectivity index (χ0v) is 14.3. The quantitative estimate of drug-likeness (QED) is 0.903. The van der Waals surface area contributed by atoms with Crippen LogP contribution in [0.25, 0.3) is 6.08 Å². The van der Waals surface area contributed by atoms with Gasteiger partial charge < -0.3 is 10.1 Å². The molecule has 1 atom stereocenters. The number of aromatic nitrogens is 1. The van der Waals surface area contributed by atoms with Crippen LogP contribution in [-0.4, -0.2) is 32.2 Å². The number of rotatable bonds is 5. The Morgan fingerprint density at radius 1 is 1.25 bits per heavy atom. The molecule has 1 fully saturated rings. The molecule has 0 aliphatic carbocycles. The number of pyridine rings is 1. The fraction of sp³-hybridized carbons (Fsp3) is 0.278. The van der Waals surface area contributed by atoms with Gasteiger partial charge in [0.2, 0.25) is 0 Å². The Morgan fingerprint density at radius 3 is 2.88 bits per heavy atom. The molecule has 0 radical (unpaired) electrons. The number of nitrogens with zero attached hydrogens (tertiary/aromatic N) is 1. The Morgan fingerprint density at radius 2 is 2.12 bits per heavy atom. The van der Waals surface area contributed by atoms with Crippen molar-refractivity contribution in [3.8, 4) is 11.5 Å². The zero-order chi connectivity index (χ0) is 17.0. The van der Waals surface area contributed by atoms with Crippen LogP contribution in [0.15, 0.2) is 53.7 Å². The smallest absolute Gasteiger partial charge is 0.175 e. The van der Waals surface area contributed by atoms with Crippen LogP contribution in [0.4, 0.5) is 0 Å². The summed E-state index contributed by atoms with van der Waals surface area (Å²) in [5, 5.41) is 3.41. The third kappa shape index (κ3) is 4.43. The van der Waals surface area contributed by atoms with Gasteiger partial charge >= 0.3 is 0 Å². The molecule has 1 aromatic heterocycles. The molecule has 1 aliphatic heterocycles. The molecule has 0 unspecified atom stereocenters. The lowest BCUT2D eigenvalue weighted by Crippen LogP contribution is -2.17. The van der Waals surface area contributed by atoms with Crippen molar-refractivity contribution < 1.29 is 13.2 Å². The van der Waals surface area contributed by atoms with E-state index in [1.165, 1.54) is 18.7 Å². The molecule has 3 rings (SSSR count). The van der Waals surface area contributed by atoms with E-state index >= 15 is 0 Å². The monoisotopic (exact) mass is 344 g/mol. The molecule has 1 aromatic carbocycles. The minimum Gasteiger partial charge on any atom is -0.456 e. The number of nitrogens with one attached hydrogen (secondary N) is 1. The topological polar surface area (TPSA) is 68.3 Å². The van der Waals surface area contributed by atoms with Gasteiger partial charge in [0.15, 0.2) is 9.84 Å². The van der Waals surface area contributed by atoms with Crippen LogP contribution >= 0.6 is 0 Å². The van der Waals surface area contributed by atoms with E-state index in [0.717, 1.165) is 18.5 Å². The van der Waals surface area contributed by atoms with Crippen molar-refractivity contribution in [1.82, 2.24) is 10.3 Å². The minimum absolute atomic E-state index is 0.233. The molecular formula is C18H20N2O3S. The van der Waals surface area contributed by atoms with Gasteiger partial charge in [0, 0.05) is 18.5 Å². The predicted octanol–water partition coefficient (Wildman–Crippen LogP) is 3.04. The van der Waals surface area contributed by atoms with E-state index < -0.39 is 9.84 Å². The molecule has 1 aliphatic rings. The summed E-state index contributed by atoms with van der Waals surface area (Å²) < 4.78 is 29.0. The summed E-state index contributed by atoms with van der Waals surface area (Å²) >= 11 is 0. The second-order valence-electron chi connectivity index (χ2n) is 5.87. The maximum Gasteiger partial charge on any atom is 0.175 e. The van der Waals surface area contributed by atoms with E-state index in [9.17, 15) is 8.42 Å². The van der Waals surface area contributed by atoms with Gasteiger partial charge in [0.1, 0.15) is 11.5 Å². The lowest BCUT2D eigenvalue weighted by Gasteiger charge is -2.07. The fourth-order valence-electron chi connectivity index (χ4n) is 2.59. The van der Waals surface area contributed by atoms with Gasteiger partial charge in [-0.2, -0.15) is 0 Å². The molecule has 0 amide bonds. The van der Waals surface area contributed by atoms with Crippen molar-refractivity contribution in [1.29, 1.82) is 0 Å². The highest BCUT2D eigenvalue weighted by molar-refractivity contribution is 7.90. The van der Waals surface area contributed by atoms with Crippen LogP contribution in [-0.2, 0) is 9.84 Å². The minimum atomic E-state index is -3.26. The second kappa shape index (κ2) is 7.15. The molecule has 126 valence electrons. The second-order valence-corrected chi connectivity index (χ2v) is 7.88. The SMILES string of the molecule is CS(=O)(=O)c1cccc(Oc2cncc(C=C[C@H]3CCCN3)c2)c1. The molecule has 6 heteroatoms. The average molecular weight is 344 g/mol. The Balaban J connectivity index is 1.75. The lowest BCUT2D eigenvalue weighted by molar-refractivity contribution is 0.478. The first-order valence-electron chi connectivity index (χ1n) is 7.85. The summed E-state index contributed by atoms with van der Waals surface area (Å²) in [6.45, 7) is 1.06. The maximum atomic E-state index is 11.6. The van der Waals surface area contributed by atoms with Crippen molar-refractivity contribution in [2.24, 2.45) is 0 Å². The first-order valence-corrected chi connectivity index (χ1v) is 9.74. The van der Waals surface area contributed by atoms with Gasteiger partial charge in [-0.05, 0) is 49.2 Å². The largest absolute Gasteiger partial charge is 0.456 e. The molecular weight excluding hydrogens is 324 g/mol. The molecule has 24 heavy (non-hydrogen) atoms. The molecule has 2 aromatic rings. The van der Waals surface area contributed by atoms with E-state index in [2.05, 4.69) is 16.4 Å². The summed E-state index contributed by atoms with van der Waals surface area (Å²) in [5.74, 6) is 1.04. The van der Waals surface area contributed by atoms with Crippen LogP contribution < -0.4 is 10.1 Å². The number of hydrogen-bond donors (Lipinski definition) is 1. The van der Waals surface area contributed by atoms with Gasteiger partial charge in [-0.15, -0.1) is 0 Å². The Hall–Kier alpha value is -2.18. The Labute approximate surface area is 142 Å². The molecule has 0 spiro atoms.